The molecule has 134 valence electrons. The van der Waals surface area contributed by atoms with E-state index in [-0.39, 0.29) is 17.2 Å². The van der Waals surface area contributed by atoms with E-state index in [0.717, 1.165) is 55.9 Å². The Bertz CT molecular complexity index is 575. The first-order chi connectivity index (χ1) is 11.2. The van der Waals surface area contributed by atoms with Crippen molar-refractivity contribution in [1.29, 1.82) is 0 Å². The minimum Gasteiger partial charge on any atom is -0.449 e. The summed E-state index contributed by atoms with van der Waals surface area (Å²) < 4.78 is 5.65. The van der Waals surface area contributed by atoms with E-state index in [1.54, 1.807) is 6.26 Å². The molecular weight excluding hydrogens is 300 g/mol. The Morgan fingerprint density at radius 3 is 2.54 bits per heavy atom. The zero-order valence-electron chi connectivity index (χ0n) is 15.9. The fraction of sp³-hybridized carbons (Fsp3) is 0.700. The summed E-state index contributed by atoms with van der Waals surface area (Å²) in [5, 5.41) is 0. The molecule has 1 aromatic rings. The summed E-state index contributed by atoms with van der Waals surface area (Å²) in [6.45, 7) is 16.0. The first kappa shape index (κ1) is 18.8. The number of hydrogen-bond donors (Lipinski definition) is 0. The molecule has 0 aliphatic carbocycles. The normalized spacial score (nSPS) is 17.8. The van der Waals surface area contributed by atoms with Crippen molar-refractivity contribution in [2.45, 2.75) is 65.7 Å². The van der Waals surface area contributed by atoms with Gasteiger partial charge in [-0.25, -0.2) is 4.98 Å². The zero-order valence-corrected chi connectivity index (χ0v) is 15.9. The molecule has 1 aliphatic rings. The van der Waals surface area contributed by atoms with E-state index in [1.807, 2.05) is 18.7 Å². The summed E-state index contributed by atoms with van der Waals surface area (Å²) in [7, 11) is 0. The Kier molecular flexibility index (Phi) is 5.89. The van der Waals surface area contributed by atoms with Crippen LogP contribution in [0.2, 0.25) is 0 Å². The van der Waals surface area contributed by atoms with E-state index in [2.05, 4.69) is 32.3 Å². The van der Waals surface area contributed by atoms with Gasteiger partial charge in [-0.3, -0.25) is 4.79 Å². The van der Waals surface area contributed by atoms with Crippen molar-refractivity contribution in [3.8, 4) is 0 Å². The summed E-state index contributed by atoms with van der Waals surface area (Å²) in [5.74, 6) is 1.69. The molecule has 4 heteroatoms. The highest BCUT2D eigenvalue weighted by atomic mass is 16.3. The van der Waals surface area contributed by atoms with Crippen LogP contribution in [-0.2, 0) is 16.6 Å². The van der Waals surface area contributed by atoms with E-state index in [4.69, 9.17) is 4.42 Å². The predicted octanol–water partition coefficient (Wildman–Crippen LogP) is 4.36. The fourth-order valence-electron chi connectivity index (χ4n) is 3.28. The highest BCUT2D eigenvalue weighted by molar-refractivity contribution is 5.78. The van der Waals surface area contributed by atoms with Crippen LogP contribution in [0.3, 0.4) is 0 Å². The van der Waals surface area contributed by atoms with Crippen LogP contribution in [0.5, 0.6) is 0 Å². The minimum absolute atomic E-state index is 0.0248. The van der Waals surface area contributed by atoms with Gasteiger partial charge in [-0.15, -0.1) is 6.58 Å². The SMILES string of the molecule is C=C(C)CC(C)C(=O)N1CCC(Cc2nc(C(C)(C)C)co2)CC1. The average molecular weight is 332 g/mol. The average Bonchev–Trinajstić information content (AvgIpc) is 2.95. The van der Waals surface area contributed by atoms with Crippen LogP contribution in [0.15, 0.2) is 22.8 Å². The van der Waals surface area contributed by atoms with Crippen LogP contribution in [0.4, 0.5) is 0 Å². The molecule has 0 bridgehead atoms. The highest BCUT2D eigenvalue weighted by Crippen LogP contribution is 2.26. The van der Waals surface area contributed by atoms with Gasteiger partial charge in [0.05, 0.1) is 5.69 Å². The van der Waals surface area contributed by atoms with E-state index in [1.165, 1.54) is 0 Å². The Hall–Kier alpha value is -1.58. The van der Waals surface area contributed by atoms with Crippen molar-refractivity contribution in [3.63, 3.8) is 0 Å². The van der Waals surface area contributed by atoms with Crippen LogP contribution >= 0.6 is 0 Å². The Labute approximate surface area is 146 Å². The van der Waals surface area contributed by atoms with Crippen LogP contribution in [0.25, 0.3) is 0 Å². The van der Waals surface area contributed by atoms with Gasteiger partial charge in [0.1, 0.15) is 6.26 Å². The maximum Gasteiger partial charge on any atom is 0.225 e. The van der Waals surface area contributed by atoms with Crippen LogP contribution in [-0.4, -0.2) is 28.9 Å². The number of piperidine rings is 1. The van der Waals surface area contributed by atoms with E-state index >= 15 is 0 Å². The monoisotopic (exact) mass is 332 g/mol. The molecule has 2 heterocycles. The highest BCUT2D eigenvalue weighted by Gasteiger charge is 2.27. The summed E-state index contributed by atoms with van der Waals surface area (Å²) in [6.07, 6.45) is 5.49. The van der Waals surface area contributed by atoms with Gasteiger partial charge in [0.15, 0.2) is 5.89 Å². The van der Waals surface area contributed by atoms with Crippen molar-refractivity contribution >= 4 is 5.91 Å². The molecule has 4 nitrogen and oxygen atoms in total. The van der Waals surface area contributed by atoms with Crippen LogP contribution < -0.4 is 0 Å². The van der Waals surface area contributed by atoms with Crippen LogP contribution in [0.1, 0.15) is 65.5 Å². The number of likely N-dealkylation sites (tertiary alicyclic amines) is 1. The lowest BCUT2D eigenvalue weighted by Crippen LogP contribution is -2.41. The molecule has 1 unspecified atom stereocenters. The van der Waals surface area contributed by atoms with Gasteiger partial charge in [0, 0.05) is 30.8 Å². The molecule has 0 spiro atoms. The van der Waals surface area contributed by atoms with E-state index in [9.17, 15) is 4.79 Å². The molecule has 1 aromatic heterocycles. The number of allylic oxidation sites excluding steroid dienone is 1. The largest absolute Gasteiger partial charge is 0.449 e. The number of oxazole rings is 1. The molecule has 24 heavy (non-hydrogen) atoms. The molecule has 2 rings (SSSR count). The molecule has 0 N–H and O–H groups in total. The Morgan fingerprint density at radius 1 is 1.42 bits per heavy atom. The third-order valence-corrected chi connectivity index (χ3v) is 4.79. The lowest BCUT2D eigenvalue weighted by Gasteiger charge is -2.33. The lowest BCUT2D eigenvalue weighted by molar-refractivity contribution is -0.136. The van der Waals surface area contributed by atoms with Gasteiger partial charge in [0.25, 0.3) is 0 Å². The first-order valence-electron chi connectivity index (χ1n) is 9.05. The van der Waals surface area contributed by atoms with Gasteiger partial charge >= 0.3 is 0 Å². The second-order valence-corrected chi connectivity index (χ2v) is 8.41. The molecule has 1 fully saturated rings. The number of carbonyl (C=O) groups is 1. The maximum absolute atomic E-state index is 12.5. The van der Waals surface area contributed by atoms with Crippen LogP contribution in [0, 0.1) is 11.8 Å². The van der Waals surface area contributed by atoms with Gasteiger partial charge in [0.2, 0.25) is 5.91 Å². The van der Waals surface area contributed by atoms with Crippen molar-refractivity contribution in [2.24, 2.45) is 11.8 Å². The topological polar surface area (TPSA) is 46.3 Å². The van der Waals surface area contributed by atoms with E-state index in [0.29, 0.717) is 5.92 Å². The number of hydrogen-bond acceptors (Lipinski definition) is 3. The third-order valence-electron chi connectivity index (χ3n) is 4.79. The van der Waals surface area contributed by atoms with Gasteiger partial charge in [-0.1, -0.05) is 33.3 Å². The molecule has 0 radical (unpaired) electrons. The molecule has 1 aliphatic heterocycles. The first-order valence-corrected chi connectivity index (χ1v) is 9.05. The molecule has 1 amide bonds. The standard InChI is InChI=1S/C20H32N2O2/c1-14(2)11-15(3)19(23)22-9-7-16(8-10-22)12-18-21-17(13-24-18)20(4,5)6/h13,15-16H,1,7-12H2,2-6H3. The quantitative estimate of drug-likeness (QED) is 0.753. The zero-order chi connectivity index (χ0) is 17.9. The second kappa shape index (κ2) is 7.54. The van der Waals surface area contributed by atoms with Crippen molar-refractivity contribution in [3.05, 3.63) is 30.0 Å². The summed E-state index contributed by atoms with van der Waals surface area (Å²) in [5.41, 5.74) is 2.11. The number of rotatable bonds is 5. The predicted molar refractivity (Wildman–Crippen MR) is 96.8 cm³/mol. The lowest BCUT2D eigenvalue weighted by atomic mass is 9.91. The Balaban J connectivity index is 1.83. The second-order valence-electron chi connectivity index (χ2n) is 8.41. The minimum atomic E-state index is 0.0248. The van der Waals surface area contributed by atoms with Crippen molar-refractivity contribution in [1.82, 2.24) is 9.88 Å². The maximum atomic E-state index is 12.5. The smallest absolute Gasteiger partial charge is 0.225 e. The Morgan fingerprint density at radius 2 is 2.04 bits per heavy atom. The number of nitrogens with zero attached hydrogens (tertiary/aromatic N) is 2. The van der Waals surface area contributed by atoms with Crippen molar-refractivity contribution < 1.29 is 9.21 Å². The van der Waals surface area contributed by atoms with Crippen molar-refractivity contribution in [2.75, 3.05) is 13.1 Å². The fourth-order valence-corrected chi connectivity index (χ4v) is 3.28. The molecule has 1 atom stereocenters. The van der Waals surface area contributed by atoms with Gasteiger partial charge < -0.3 is 9.32 Å². The summed E-state index contributed by atoms with van der Waals surface area (Å²) in [4.78, 5) is 19.1. The number of carbonyl (C=O) groups excluding carboxylic acids is 1. The van der Waals surface area contributed by atoms with Gasteiger partial charge in [-0.2, -0.15) is 0 Å². The molecular formula is C20H32N2O2. The third kappa shape index (κ3) is 4.96. The molecule has 0 aromatic carbocycles. The number of aromatic nitrogens is 1. The molecule has 0 saturated carbocycles. The number of amides is 1. The molecule has 1 saturated heterocycles. The summed E-state index contributed by atoms with van der Waals surface area (Å²) in [6, 6.07) is 0. The van der Waals surface area contributed by atoms with Gasteiger partial charge in [-0.05, 0) is 32.1 Å². The summed E-state index contributed by atoms with van der Waals surface area (Å²) >= 11 is 0. The van der Waals surface area contributed by atoms with E-state index < -0.39 is 0 Å².